The predicted molar refractivity (Wildman–Crippen MR) is 182 cm³/mol. The second-order valence-electron chi connectivity index (χ2n) is 10.8. The van der Waals surface area contributed by atoms with Gasteiger partial charge in [0.25, 0.3) is 0 Å². The van der Waals surface area contributed by atoms with Crippen LogP contribution in [0.25, 0.3) is 64.3 Å². The maximum absolute atomic E-state index is 6.37. The van der Waals surface area contributed by atoms with Crippen molar-refractivity contribution in [3.8, 4) is 11.1 Å². The van der Waals surface area contributed by atoms with Crippen molar-refractivity contribution in [3.63, 3.8) is 0 Å². The molecular formula is C39H24N2OS. The van der Waals surface area contributed by atoms with Gasteiger partial charge in [0.05, 0.1) is 5.52 Å². The Morgan fingerprint density at radius 2 is 1.16 bits per heavy atom. The van der Waals surface area contributed by atoms with Crippen LogP contribution in [0.2, 0.25) is 0 Å². The summed E-state index contributed by atoms with van der Waals surface area (Å²) in [5.41, 5.74) is 8.03. The van der Waals surface area contributed by atoms with Gasteiger partial charge in [-0.05, 0) is 65.7 Å². The van der Waals surface area contributed by atoms with Gasteiger partial charge >= 0.3 is 0 Å². The minimum Gasteiger partial charge on any atom is -0.438 e. The summed E-state index contributed by atoms with van der Waals surface area (Å²) in [6.07, 6.45) is 0. The number of benzene rings is 6. The number of hydrogen-bond acceptors (Lipinski definition) is 4. The average Bonchev–Trinajstić information content (AvgIpc) is 3.61. The zero-order valence-electron chi connectivity index (χ0n) is 23.1. The van der Waals surface area contributed by atoms with E-state index < -0.39 is 0 Å². The first-order chi connectivity index (χ1) is 21.3. The van der Waals surface area contributed by atoms with Gasteiger partial charge in [-0.25, -0.2) is 4.98 Å². The monoisotopic (exact) mass is 568 g/mol. The molecule has 0 amide bonds. The molecule has 0 aliphatic carbocycles. The summed E-state index contributed by atoms with van der Waals surface area (Å²) in [6, 6.07) is 51.6. The Kier molecular flexibility index (Phi) is 5.37. The minimum absolute atomic E-state index is 0.663. The van der Waals surface area contributed by atoms with Crippen molar-refractivity contribution < 1.29 is 4.42 Å². The summed E-state index contributed by atoms with van der Waals surface area (Å²) < 4.78 is 8.95. The van der Waals surface area contributed by atoms with E-state index in [4.69, 9.17) is 9.40 Å². The van der Waals surface area contributed by atoms with E-state index in [1.165, 1.54) is 31.3 Å². The quantitative estimate of drug-likeness (QED) is 0.211. The molecule has 43 heavy (non-hydrogen) atoms. The Morgan fingerprint density at radius 3 is 2.05 bits per heavy atom. The second-order valence-corrected chi connectivity index (χ2v) is 11.9. The van der Waals surface area contributed by atoms with E-state index in [0.29, 0.717) is 5.71 Å². The van der Waals surface area contributed by atoms with Crippen LogP contribution in [-0.2, 0) is 0 Å². The minimum atomic E-state index is 0.663. The first-order valence-electron chi connectivity index (χ1n) is 14.4. The predicted octanol–water partition coefficient (Wildman–Crippen LogP) is 11.6. The lowest BCUT2D eigenvalue weighted by molar-refractivity contribution is 0.656. The third-order valence-electron chi connectivity index (χ3n) is 8.26. The number of anilines is 3. The van der Waals surface area contributed by atoms with Gasteiger partial charge in [0.1, 0.15) is 5.58 Å². The van der Waals surface area contributed by atoms with Crippen molar-refractivity contribution >= 4 is 81.5 Å². The Morgan fingerprint density at radius 1 is 0.488 bits per heavy atom. The van der Waals surface area contributed by atoms with Crippen LogP contribution in [0.15, 0.2) is 150 Å². The molecule has 0 aliphatic rings. The van der Waals surface area contributed by atoms with Crippen molar-refractivity contribution in [1.82, 2.24) is 4.98 Å². The largest absolute Gasteiger partial charge is 0.438 e. The highest BCUT2D eigenvalue weighted by molar-refractivity contribution is 7.25. The summed E-state index contributed by atoms with van der Waals surface area (Å²) in [5, 5.41) is 5.80. The molecule has 0 N–H and O–H groups in total. The van der Waals surface area contributed by atoms with E-state index in [9.17, 15) is 0 Å². The highest BCUT2D eigenvalue weighted by Gasteiger charge is 2.18. The lowest BCUT2D eigenvalue weighted by Crippen LogP contribution is -2.09. The van der Waals surface area contributed by atoms with Gasteiger partial charge in [-0.15, -0.1) is 11.3 Å². The fourth-order valence-corrected chi connectivity index (χ4v) is 7.30. The topological polar surface area (TPSA) is 29.3 Å². The molecule has 0 aliphatic heterocycles. The molecule has 202 valence electrons. The highest BCUT2D eigenvalue weighted by atomic mass is 32.1. The van der Waals surface area contributed by atoms with E-state index in [0.717, 1.165) is 44.3 Å². The molecule has 3 nitrogen and oxygen atoms in total. The molecule has 4 heteroatoms. The van der Waals surface area contributed by atoms with E-state index in [-0.39, 0.29) is 0 Å². The Hall–Kier alpha value is -5.45. The summed E-state index contributed by atoms with van der Waals surface area (Å²) in [4.78, 5) is 7.13. The van der Waals surface area contributed by atoms with Gasteiger partial charge in [-0.2, -0.15) is 0 Å². The van der Waals surface area contributed by atoms with Gasteiger partial charge in [-0.1, -0.05) is 84.9 Å². The van der Waals surface area contributed by atoms with Crippen LogP contribution in [0.3, 0.4) is 0 Å². The second kappa shape index (κ2) is 9.55. The molecule has 9 rings (SSSR count). The summed E-state index contributed by atoms with van der Waals surface area (Å²) in [5.74, 6) is 0. The van der Waals surface area contributed by atoms with Crippen molar-refractivity contribution in [1.29, 1.82) is 0 Å². The van der Waals surface area contributed by atoms with Crippen LogP contribution >= 0.6 is 11.3 Å². The molecule has 3 aromatic heterocycles. The normalized spacial score (nSPS) is 11.7. The van der Waals surface area contributed by atoms with Crippen LogP contribution in [0.5, 0.6) is 0 Å². The lowest BCUT2D eigenvalue weighted by atomic mass is 10.0. The van der Waals surface area contributed by atoms with Gasteiger partial charge < -0.3 is 9.32 Å². The average molecular weight is 569 g/mol. The Bertz CT molecular complexity index is 2460. The molecule has 3 heterocycles. The number of thiophene rings is 1. The molecule has 0 saturated heterocycles. The van der Waals surface area contributed by atoms with Crippen molar-refractivity contribution in [3.05, 3.63) is 146 Å². The Labute approximate surface area is 251 Å². The third-order valence-corrected chi connectivity index (χ3v) is 9.40. The molecule has 6 aromatic carbocycles. The molecule has 9 aromatic rings. The first-order valence-corrected chi connectivity index (χ1v) is 15.2. The SMILES string of the molecule is c1ccc(-c2ccc(N(c3ccc4c(c3)oc3nc5ccccc5cc34)c3ccc4c(c3)sc3ccccc34)cc2)cc1. The molecule has 0 atom stereocenters. The Balaban J connectivity index is 1.22. The number of hydrogen-bond donors (Lipinski definition) is 0. The molecule has 0 spiro atoms. The highest BCUT2D eigenvalue weighted by Crippen LogP contribution is 2.42. The van der Waals surface area contributed by atoms with Crippen molar-refractivity contribution in [2.45, 2.75) is 0 Å². The molecular weight excluding hydrogens is 545 g/mol. The number of furan rings is 1. The maximum atomic E-state index is 6.37. The zero-order chi connectivity index (χ0) is 28.3. The number of aromatic nitrogens is 1. The van der Waals surface area contributed by atoms with Gasteiger partial charge in [-0.3, -0.25) is 0 Å². The number of nitrogens with zero attached hydrogens (tertiary/aromatic N) is 2. The maximum Gasteiger partial charge on any atom is 0.227 e. The lowest BCUT2D eigenvalue weighted by Gasteiger charge is -2.25. The van der Waals surface area contributed by atoms with E-state index in [1.807, 2.05) is 29.5 Å². The fraction of sp³-hybridized carbons (Fsp3) is 0. The third kappa shape index (κ3) is 3.99. The molecule has 0 fully saturated rings. The van der Waals surface area contributed by atoms with Crippen LogP contribution in [0.4, 0.5) is 17.1 Å². The van der Waals surface area contributed by atoms with Crippen LogP contribution in [-0.4, -0.2) is 4.98 Å². The fourth-order valence-electron chi connectivity index (χ4n) is 6.16. The first kappa shape index (κ1) is 24.2. The van der Waals surface area contributed by atoms with Gasteiger partial charge in [0.2, 0.25) is 5.71 Å². The molecule has 0 bridgehead atoms. The summed E-state index contributed by atoms with van der Waals surface area (Å²) in [6.45, 7) is 0. The van der Waals surface area contributed by atoms with E-state index in [2.05, 4.69) is 132 Å². The van der Waals surface area contributed by atoms with E-state index >= 15 is 0 Å². The summed E-state index contributed by atoms with van der Waals surface area (Å²) in [7, 11) is 0. The van der Waals surface area contributed by atoms with Gasteiger partial charge in [0.15, 0.2) is 0 Å². The summed E-state index contributed by atoms with van der Waals surface area (Å²) >= 11 is 1.84. The zero-order valence-corrected chi connectivity index (χ0v) is 23.9. The molecule has 0 unspecified atom stereocenters. The standard InChI is InChI=1S/C39H24N2OS/c1-2-8-25(9-3-1)26-14-16-28(17-15-26)41(30-19-21-33-32-11-5-7-13-37(32)43-38(33)24-30)29-18-20-31-34-22-27-10-4-6-12-35(27)40-39(34)42-36(31)23-29/h1-24H. The van der Waals surface area contributed by atoms with Crippen LogP contribution in [0, 0.1) is 0 Å². The van der Waals surface area contributed by atoms with Crippen molar-refractivity contribution in [2.75, 3.05) is 4.90 Å². The number of rotatable bonds is 4. The van der Waals surface area contributed by atoms with Crippen LogP contribution in [0.1, 0.15) is 0 Å². The van der Waals surface area contributed by atoms with Crippen LogP contribution < -0.4 is 4.90 Å². The molecule has 0 radical (unpaired) electrons. The van der Waals surface area contributed by atoms with Gasteiger partial charge in [0, 0.05) is 59.5 Å². The molecule has 0 saturated carbocycles. The number of fused-ring (bicyclic) bond motifs is 7. The number of pyridine rings is 1. The van der Waals surface area contributed by atoms with E-state index in [1.54, 1.807) is 0 Å². The smallest absolute Gasteiger partial charge is 0.227 e. The number of para-hydroxylation sites is 1. The van der Waals surface area contributed by atoms with Crippen molar-refractivity contribution in [2.24, 2.45) is 0 Å².